The first kappa shape index (κ1) is 19.5. The molecule has 0 radical (unpaired) electrons. The predicted molar refractivity (Wildman–Crippen MR) is 123 cm³/mol. The van der Waals surface area contributed by atoms with Gasteiger partial charge in [0, 0.05) is 44.7 Å². The predicted octanol–water partition coefficient (Wildman–Crippen LogP) is 3.13. The third kappa shape index (κ3) is 3.59. The van der Waals surface area contributed by atoms with E-state index in [1.807, 2.05) is 10.9 Å². The molecule has 0 atom stereocenters. The lowest BCUT2D eigenvalue weighted by molar-refractivity contribution is 0.188. The summed E-state index contributed by atoms with van der Waals surface area (Å²) < 4.78 is 8.45. The molecule has 0 bridgehead atoms. The van der Waals surface area contributed by atoms with Gasteiger partial charge in [-0.3, -0.25) is 0 Å². The van der Waals surface area contributed by atoms with Crippen LogP contribution in [0.1, 0.15) is 0 Å². The molecule has 0 saturated carbocycles. The second-order valence-corrected chi connectivity index (χ2v) is 8.99. The first-order valence-electron chi connectivity index (χ1n) is 9.86. The van der Waals surface area contributed by atoms with E-state index in [-0.39, 0.29) is 0 Å². The number of thioether (sulfide) groups is 1. The second kappa shape index (κ2) is 8.37. The van der Waals surface area contributed by atoms with Crippen LogP contribution in [0.4, 0.5) is 10.9 Å². The molecule has 5 rings (SSSR count). The third-order valence-electron chi connectivity index (χ3n) is 5.35. The zero-order valence-electron chi connectivity index (χ0n) is 17.0. The van der Waals surface area contributed by atoms with Crippen LogP contribution in [0, 0.1) is 0 Å². The molecule has 0 aliphatic carbocycles. The highest BCUT2D eigenvalue weighted by molar-refractivity contribution is 7.98. The minimum Gasteiger partial charge on any atom is -0.383 e. The van der Waals surface area contributed by atoms with Crippen LogP contribution in [0.25, 0.3) is 21.4 Å². The highest BCUT2D eigenvalue weighted by Gasteiger charge is 2.23. The highest BCUT2D eigenvalue weighted by Crippen LogP contribution is 2.32. The Kier molecular flexibility index (Phi) is 5.45. The zero-order chi connectivity index (χ0) is 20.5. The van der Waals surface area contributed by atoms with Gasteiger partial charge in [-0.05, 0) is 24.5 Å². The summed E-state index contributed by atoms with van der Waals surface area (Å²) in [7, 11) is 1.70. The number of thiazole rings is 1. The number of ether oxygens (including phenoxy) is 1. The quantitative estimate of drug-likeness (QED) is 0.423. The van der Waals surface area contributed by atoms with Gasteiger partial charge in [0.05, 0.1) is 23.2 Å². The molecule has 1 fully saturated rings. The lowest BCUT2D eigenvalue weighted by Crippen LogP contribution is -2.46. The third-order valence-corrected chi connectivity index (χ3v) is 7.16. The summed E-state index contributed by atoms with van der Waals surface area (Å²) in [5, 5.41) is 1.10. The van der Waals surface area contributed by atoms with Crippen molar-refractivity contribution in [3.05, 3.63) is 30.9 Å². The molecule has 4 heterocycles. The number of nitrogens with zero attached hydrogens (tertiary/aromatic N) is 7. The number of piperazine rings is 1. The van der Waals surface area contributed by atoms with Crippen LogP contribution in [0.15, 0.2) is 35.7 Å². The van der Waals surface area contributed by atoms with Crippen molar-refractivity contribution >= 4 is 55.4 Å². The fraction of sp³-hybridized carbons (Fsp3) is 0.400. The molecule has 0 unspecified atom stereocenters. The molecule has 0 N–H and O–H groups in total. The van der Waals surface area contributed by atoms with Crippen molar-refractivity contribution in [1.82, 2.24) is 24.5 Å². The number of benzene rings is 1. The molecular weight excluding hydrogens is 418 g/mol. The normalized spacial score (nSPS) is 14.9. The average molecular weight is 442 g/mol. The highest BCUT2D eigenvalue weighted by atomic mass is 32.2. The molecule has 1 saturated heterocycles. The number of rotatable bonds is 6. The van der Waals surface area contributed by atoms with Crippen LogP contribution in [0.2, 0.25) is 0 Å². The van der Waals surface area contributed by atoms with Crippen molar-refractivity contribution in [2.75, 3.05) is 56.0 Å². The lowest BCUT2D eigenvalue weighted by Gasteiger charge is -2.35. The van der Waals surface area contributed by atoms with E-state index >= 15 is 0 Å². The van der Waals surface area contributed by atoms with Crippen LogP contribution < -0.4 is 9.80 Å². The standard InChI is InChI=1S/C20H23N7OS2/c1-28-10-9-27-13-23-17-18(21-12-22-19(17)27)25-5-7-26(8-6-25)20-24-15-4-3-14(29-2)11-16(15)30-20/h3-4,11-13H,5-10H2,1-2H3. The number of hydrogen-bond acceptors (Lipinski definition) is 9. The van der Waals surface area contributed by atoms with Crippen molar-refractivity contribution in [1.29, 1.82) is 0 Å². The van der Waals surface area contributed by atoms with E-state index in [0.717, 1.165) is 60.4 Å². The Labute approximate surface area is 182 Å². The monoisotopic (exact) mass is 441 g/mol. The Morgan fingerprint density at radius 1 is 1.10 bits per heavy atom. The van der Waals surface area contributed by atoms with Gasteiger partial charge in [0.2, 0.25) is 0 Å². The van der Waals surface area contributed by atoms with Gasteiger partial charge in [-0.25, -0.2) is 19.9 Å². The number of methoxy groups -OCH3 is 1. The molecular formula is C20H23N7OS2. The molecule has 0 spiro atoms. The van der Waals surface area contributed by atoms with E-state index < -0.39 is 0 Å². The topological polar surface area (TPSA) is 72.2 Å². The maximum absolute atomic E-state index is 5.19. The summed E-state index contributed by atoms with van der Waals surface area (Å²) in [4.78, 5) is 24.4. The molecule has 1 aliphatic rings. The van der Waals surface area contributed by atoms with E-state index in [1.165, 1.54) is 9.60 Å². The van der Waals surface area contributed by atoms with Crippen molar-refractivity contribution in [3.8, 4) is 0 Å². The molecule has 156 valence electrons. The minimum absolute atomic E-state index is 0.629. The van der Waals surface area contributed by atoms with Crippen molar-refractivity contribution < 1.29 is 4.74 Å². The maximum atomic E-state index is 5.19. The summed E-state index contributed by atoms with van der Waals surface area (Å²) in [5.74, 6) is 0.907. The number of imidazole rings is 1. The minimum atomic E-state index is 0.629. The van der Waals surface area contributed by atoms with Crippen LogP contribution in [-0.4, -0.2) is 70.7 Å². The Hall–Kier alpha value is -2.43. The van der Waals surface area contributed by atoms with E-state index in [9.17, 15) is 0 Å². The molecule has 1 aromatic carbocycles. The zero-order valence-corrected chi connectivity index (χ0v) is 18.6. The smallest absolute Gasteiger partial charge is 0.186 e. The fourth-order valence-corrected chi connectivity index (χ4v) is 5.29. The van der Waals surface area contributed by atoms with Crippen molar-refractivity contribution in [3.63, 3.8) is 0 Å². The van der Waals surface area contributed by atoms with Gasteiger partial charge in [0.15, 0.2) is 22.1 Å². The Morgan fingerprint density at radius 2 is 1.93 bits per heavy atom. The van der Waals surface area contributed by atoms with Gasteiger partial charge in [-0.1, -0.05) is 11.3 Å². The summed E-state index contributed by atoms with van der Waals surface area (Å²) in [6, 6.07) is 6.49. The number of hydrogen-bond donors (Lipinski definition) is 0. The lowest BCUT2D eigenvalue weighted by atomic mass is 10.3. The van der Waals surface area contributed by atoms with Crippen molar-refractivity contribution in [2.45, 2.75) is 11.4 Å². The molecule has 30 heavy (non-hydrogen) atoms. The Balaban J connectivity index is 1.33. The largest absolute Gasteiger partial charge is 0.383 e. The van der Waals surface area contributed by atoms with E-state index in [4.69, 9.17) is 9.72 Å². The first-order valence-corrected chi connectivity index (χ1v) is 11.9. The Morgan fingerprint density at radius 3 is 2.73 bits per heavy atom. The Bertz CT molecular complexity index is 1170. The van der Waals surface area contributed by atoms with Gasteiger partial charge >= 0.3 is 0 Å². The maximum Gasteiger partial charge on any atom is 0.186 e. The summed E-state index contributed by atoms with van der Waals surface area (Å²) in [5.41, 5.74) is 2.79. The van der Waals surface area contributed by atoms with E-state index in [0.29, 0.717) is 6.61 Å². The molecule has 10 heteroatoms. The molecule has 8 nitrogen and oxygen atoms in total. The van der Waals surface area contributed by atoms with Gasteiger partial charge < -0.3 is 19.1 Å². The van der Waals surface area contributed by atoms with Crippen molar-refractivity contribution in [2.24, 2.45) is 0 Å². The average Bonchev–Trinajstić information content (AvgIpc) is 3.41. The second-order valence-electron chi connectivity index (χ2n) is 7.10. The molecule has 3 aromatic heterocycles. The molecule has 1 aliphatic heterocycles. The summed E-state index contributed by atoms with van der Waals surface area (Å²) in [6.45, 7) is 4.93. The van der Waals surface area contributed by atoms with Gasteiger partial charge in [-0.2, -0.15) is 0 Å². The number of aromatic nitrogens is 5. The molecule has 0 amide bonds. The number of fused-ring (bicyclic) bond motifs is 2. The van der Waals surface area contributed by atoms with Crippen LogP contribution in [-0.2, 0) is 11.3 Å². The van der Waals surface area contributed by atoms with Gasteiger partial charge in [0.25, 0.3) is 0 Å². The van der Waals surface area contributed by atoms with Gasteiger partial charge in [-0.15, -0.1) is 11.8 Å². The fourth-order valence-electron chi connectivity index (χ4n) is 3.72. The first-order chi connectivity index (χ1) is 14.8. The van der Waals surface area contributed by atoms with Crippen LogP contribution >= 0.6 is 23.1 Å². The summed E-state index contributed by atoms with van der Waals surface area (Å²) in [6.07, 6.45) is 5.56. The van der Waals surface area contributed by atoms with Crippen LogP contribution in [0.5, 0.6) is 0 Å². The van der Waals surface area contributed by atoms with E-state index in [1.54, 1.807) is 36.5 Å². The van der Waals surface area contributed by atoms with Gasteiger partial charge in [0.1, 0.15) is 6.33 Å². The SMILES string of the molecule is COCCn1cnc2c(N3CCN(c4nc5ccc(SC)cc5s4)CC3)ncnc21. The van der Waals surface area contributed by atoms with Crippen LogP contribution in [0.3, 0.4) is 0 Å². The number of anilines is 2. The van der Waals surface area contributed by atoms with E-state index in [2.05, 4.69) is 49.2 Å². The summed E-state index contributed by atoms with van der Waals surface area (Å²) >= 11 is 3.54. The molecule has 4 aromatic rings.